The molecule has 0 radical (unpaired) electrons. The van der Waals surface area contributed by atoms with Gasteiger partial charge in [-0.2, -0.15) is 17.5 Å². The maximum atomic E-state index is 13.2. The van der Waals surface area contributed by atoms with Gasteiger partial charge in [0.2, 0.25) is 16.1 Å². The van der Waals surface area contributed by atoms with Crippen LogP contribution in [0.5, 0.6) is 0 Å². The van der Waals surface area contributed by atoms with Gasteiger partial charge >= 0.3 is 12.3 Å². The molecule has 180 valence electrons. The molecule has 32 heavy (non-hydrogen) atoms. The molecule has 2 unspecified atom stereocenters. The van der Waals surface area contributed by atoms with Gasteiger partial charge in [-0.1, -0.05) is 0 Å². The smallest absolute Gasteiger partial charge is 0.427 e. The van der Waals surface area contributed by atoms with Crippen LogP contribution in [-0.2, 0) is 19.5 Å². The lowest BCUT2D eigenvalue weighted by Gasteiger charge is -2.51. The Balaban J connectivity index is 1.70. The van der Waals surface area contributed by atoms with Crippen LogP contribution in [0.4, 0.5) is 22.4 Å². The maximum Gasteiger partial charge on any atom is 0.427 e. The molecule has 2 heterocycles. The lowest BCUT2D eigenvalue weighted by molar-refractivity contribution is -0.215. The van der Waals surface area contributed by atoms with Crippen molar-refractivity contribution in [1.82, 2.24) is 9.21 Å². The van der Waals surface area contributed by atoms with Gasteiger partial charge in [-0.05, 0) is 44.0 Å². The number of carbonyl (C=O) groups is 1. The fourth-order valence-corrected chi connectivity index (χ4v) is 5.69. The van der Waals surface area contributed by atoms with E-state index < -0.39 is 52.5 Å². The Bertz CT molecular complexity index is 917. The summed E-state index contributed by atoms with van der Waals surface area (Å²) in [7, 11) is -3.94. The summed E-state index contributed by atoms with van der Waals surface area (Å²) in [5.74, 6) is -0.566. The van der Waals surface area contributed by atoms with Gasteiger partial charge < -0.3 is 19.5 Å². The highest BCUT2D eigenvalue weighted by molar-refractivity contribution is 7.89. The van der Waals surface area contributed by atoms with E-state index in [4.69, 9.17) is 9.84 Å². The van der Waals surface area contributed by atoms with Crippen molar-refractivity contribution in [3.8, 4) is 0 Å². The third kappa shape index (κ3) is 4.85. The van der Waals surface area contributed by atoms with Crippen molar-refractivity contribution >= 4 is 16.1 Å². The molecule has 2 aliphatic heterocycles. The number of sulfonamides is 1. The molecule has 2 fully saturated rings. The maximum absolute atomic E-state index is 13.2. The lowest BCUT2D eigenvalue weighted by Crippen LogP contribution is -2.63. The van der Waals surface area contributed by atoms with Gasteiger partial charge in [0.05, 0.1) is 29.8 Å². The fraction of sp³-hybridized carbons (Fsp3) is 0.632. The SMILES string of the molecule is CC1N(S(=O)(=O)c2ccc(F)cc2)CCOC12CCN(C(=O)OC(CO)C(F)(F)F)CC2. The Morgan fingerprint density at radius 1 is 1.25 bits per heavy atom. The Kier molecular flexibility index (Phi) is 7.03. The molecule has 0 aliphatic carbocycles. The second-order valence-corrected chi connectivity index (χ2v) is 9.63. The summed E-state index contributed by atoms with van der Waals surface area (Å²) in [5, 5.41) is 8.84. The normalized spacial score (nSPS) is 23.2. The Hall–Kier alpha value is -1.96. The van der Waals surface area contributed by atoms with Crippen molar-refractivity contribution in [2.24, 2.45) is 0 Å². The lowest BCUT2D eigenvalue weighted by atomic mass is 9.84. The Labute approximate surface area is 182 Å². The molecule has 1 spiro atoms. The quantitative estimate of drug-likeness (QED) is 0.658. The number of benzene rings is 1. The number of carbonyl (C=O) groups excluding carboxylic acids is 1. The molecule has 1 aromatic carbocycles. The molecule has 2 aliphatic rings. The van der Waals surface area contributed by atoms with Gasteiger partial charge in [-0.15, -0.1) is 0 Å². The minimum atomic E-state index is -4.89. The van der Waals surface area contributed by atoms with Crippen LogP contribution < -0.4 is 0 Å². The summed E-state index contributed by atoms with van der Waals surface area (Å²) in [5.41, 5.74) is -0.942. The zero-order valence-electron chi connectivity index (χ0n) is 17.2. The number of likely N-dealkylation sites (tertiary alicyclic amines) is 1. The van der Waals surface area contributed by atoms with Crippen LogP contribution >= 0.6 is 0 Å². The number of aliphatic hydroxyl groups is 1. The summed E-state index contributed by atoms with van der Waals surface area (Å²) in [6.45, 7) is 0.435. The van der Waals surface area contributed by atoms with Gasteiger partial charge in [-0.25, -0.2) is 17.6 Å². The average Bonchev–Trinajstić information content (AvgIpc) is 2.73. The first-order chi connectivity index (χ1) is 14.9. The molecule has 0 saturated carbocycles. The van der Waals surface area contributed by atoms with Crippen LogP contribution in [0.25, 0.3) is 0 Å². The van der Waals surface area contributed by atoms with Crippen molar-refractivity contribution in [3.63, 3.8) is 0 Å². The first kappa shape index (κ1) is 24.7. The van der Waals surface area contributed by atoms with Crippen molar-refractivity contribution in [2.75, 3.05) is 32.8 Å². The number of aliphatic hydroxyl groups excluding tert-OH is 1. The number of halogens is 4. The predicted octanol–water partition coefficient (Wildman–Crippen LogP) is 2.13. The molecule has 3 rings (SSSR count). The van der Waals surface area contributed by atoms with Gasteiger partial charge in [0.25, 0.3) is 0 Å². The van der Waals surface area contributed by atoms with Crippen LogP contribution in [0.3, 0.4) is 0 Å². The number of rotatable bonds is 4. The molecule has 0 bridgehead atoms. The van der Waals surface area contributed by atoms with Gasteiger partial charge in [0, 0.05) is 19.6 Å². The number of nitrogens with zero attached hydrogens (tertiary/aromatic N) is 2. The highest BCUT2D eigenvalue weighted by Crippen LogP contribution is 2.38. The second-order valence-electron chi connectivity index (χ2n) is 7.74. The van der Waals surface area contributed by atoms with Gasteiger partial charge in [-0.3, -0.25) is 0 Å². The van der Waals surface area contributed by atoms with Gasteiger partial charge in [0.15, 0.2) is 0 Å². The third-order valence-corrected chi connectivity index (χ3v) is 7.94. The third-order valence-electron chi connectivity index (χ3n) is 5.96. The van der Waals surface area contributed by atoms with E-state index in [1.165, 1.54) is 16.4 Å². The van der Waals surface area contributed by atoms with Crippen LogP contribution in [0.15, 0.2) is 29.2 Å². The molecule has 2 atom stereocenters. The van der Waals surface area contributed by atoms with E-state index in [1.807, 2.05) is 0 Å². The van der Waals surface area contributed by atoms with Gasteiger partial charge in [0.1, 0.15) is 5.82 Å². The monoisotopic (exact) mass is 484 g/mol. The number of amides is 1. The summed E-state index contributed by atoms with van der Waals surface area (Å²) >= 11 is 0. The highest BCUT2D eigenvalue weighted by Gasteiger charge is 2.50. The van der Waals surface area contributed by atoms with Crippen molar-refractivity contribution in [2.45, 2.75) is 48.6 Å². The van der Waals surface area contributed by atoms with Crippen LogP contribution in [0.2, 0.25) is 0 Å². The molecule has 8 nitrogen and oxygen atoms in total. The van der Waals surface area contributed by atoms with Crippen LogP contribution in [0.1, 0.15) is 19.8 Å². The molecule has 1 aromatic rings. The zero-order chi connectivity index (χ0) is 23.7. The first-order valence-electron chi connectivity index (χ1n) is 9.95. The fourth-order valence-electron chi connectivity index (χ4n) is 4.02. The van der Waals surface area contributed by atoms with Crippen molar-refractivity contribution in [1.29, 1.82) is 0 Å². The minimum Gasteiger partial charge on any atom is -0.434 e. The molecule has 13 heteroatoms. The van der Waals surface area contributed by atoms with Crippen molar-refractivity contribution < 1.29 is 45.4 Å². The van der Waals surface area contributed by atoms with E-state index in [1.54, 1.807) is 6.92 Å². The number of hydrogen-bond acceptors (Lipinski definition) is 6. The van der Waals surface area contributed by atoms with E-state index >= 15 is 0 Å². The zero-order valence-corrected chi connectivity index (χ0v) is 18.0. The topological polar surface area (TPSA) is 96.4 Å². The van der Waals surface area contributed by atoms with Crippen LogP contribution in [0, 0.1) is 5.82 Å². The number of alkyl halides is 3. The molecular weight excluding hydrogens is 460 g/mol. The Morgan fingerprint density at radius 2 is 1.84 bits per heavy atom. The van der Waals surface area contributed by atoms with E-state index in [2.05, 4.69) is 4.74 Å². The summed E-state index contributed by atoms with van der Waals surface area (Å²) < 4.78 is 89.2. The number of piperidine rings is 1. The number of ether oxygens (including phenoxy) is 2. The first-order valence-corrected chi connectivity index (χ1v) is 11.4. The van der Waals surface area contributed by atoms with E-state index in [-0.39, 0.29) is 44.0 Å². The molecule has 1 N–H and O–H groups in total. The predicted molar refractivity (Wildman–Crippen MR) is 103 cm³/mol. The largest absolute Gasteiger partial charge is 0.434 e. The van der Waals surface area contributed by atoms with E-state index in [0.717, 1.165) is 17.0 Å². The van der Waals surface area contributed by atoms with Crippen LogP contribution in [-0.4, -0.2) is 85.6 Å². The molecule has 0 aromatic heterocycles. The number of hydrogen-bond donors (Lipinski definition) is 1. The molecular formula is C19H24F4N2O6S. The van der Waals surface area contributed by atoms with E-state index in [0.29, 0.717) is 0 Å². The standard InChI is InChI=1S/C19H24F4N2O6S/c1-13-18(6-8-24(9-7-18)17(27)31-16(12-26)19(21,22)23)30-11-10-25(13)32(28,29)15-4-2-14(20)3-5-15/h2-5,13,16,26H,6-12H2,1H3. The summed E-state index contributed by atoms with van der Waals surface area (Å²) in [4.78, 5) is 13.1. The number of morpholine rings is 1. The Morgan fingerprint density at radius 3 is 2.38 bits per heavy atom. The minimum absolute atomic E-state index is 0.0103. The molecule has 1 amide bonds. The van der Waals surface area contributed by atoms with E-state index in [9.17, 15) is 30.8 Å². The van der Waals surface area contributed by atoms with Crippen molar-refractivity contribution in [3.05, 3.63) is 30.1 Å². The summed E-state index contributed by atoms with van der Waals surface area (Å²) in [6.07, 6.45) is -8.37. The second kappa shape index (κ2) is 9.12. The summed E-state index contributed by atoms with van der Waals surface area (Å²) in [6, 6.07) is 3.83. The highest BCUT2D eigenvalue weighted by atomic mass is 32.2. The average molecular weight is 484 g/mol. The molecule has 2 saturated heterocycles.